The fraction of sp³-hybridized carbons (Fsp3) is 0.455. The molecule has 1 aliphatic rings. The molecule has 0 saturated heterocycles. The van der Waals surface area contributed by atoms with Crippen molar-refractivity contribution in [2.75, 3.05) is 7.05 Å². The molecule has 1 aromatic carbocycles. The Morgan fingerprint density at radius 1 is 1.25 bits per heavy atom. The maximum Gasteiger partial charge on any atom is 0.0202 e. The van der Waals surface area contributed by atoms with E-state index in [1.165, 1.54) is 24.8 Å². The second kappa shape index (κ2) is 3.28. The van der Waals surface area contributed by atoms with Gasteiger partial charge in [0.25, 0.3) is 0 Å². The van der Waals surface area contributed by atoms with Gasteiger partial charge in [-0.2, -0.15) is 0 Å². The van der Waals surface area contributed by atoms with Gasteiger partial charge in [-0.3, -0.25) is 0 Å². The van der Waals surface area contributed by atoms with E-state index < -0.39 is 0 Å². The first-order valence-electron chi connectivity index (χ1n) is 4.65. The third-order valence-electron chi connectivity index (χ3n) is 2.54. The molecule has 1 aromatic rings. The fourth-order valence-electron chi connectivity index (χ4n) is 1.94. The van der Waals surface area contributed by atoms with Crippen LogP contribution in [0, 0.1) is 0 Å². The first-order valence-corrected chi connectivity index (χ1v) is 4.65. The van der Waals surface area contributed by atoms with Gasteiger partial charge >= 0.3 is 0 Å². The van der Waals surface area contributed by atoms with Gasteiger partial charge < -0.3 is 5.32 Å². The van der Waals surface area contributed by atoms with Crippen molar-refractivity contribution in [2.24, 2.45) is 0 Å². The summed E-state index contributed by atoms with van der Waals surface area (Å²) in [5.74, 6) is 0. The molecule has 1 nitrogen and oxygen atoms in total. The van der Waals surface area contributed by atoms with Gasteiger partial charge in [0.15, 0.2) is 0 Å². The van der Waals surface area contributed by atoms with Crippen molar-refractivity contribution < 1.29 is 0 Å². The Balaban J connectivity index is 2.26. The quantitative estimate of drug-likeness (QED) is 0.698. The molecule has 0 saturated carbocycles. The summed E-state index contributed by atoms with van der Waals surface area (Å²) in [7, 11) is 1.99. The molecule has 0 amide bonds. The summed E-state index contributed by atoms with van der Waals surface area (Å²) in [6.45, 7) is 0.993. The minimum Gasteiger partial charge on any atom is -0.316 e. The van der Waals surface area contributed by atoms with Crippen LogP contribution in [0.2, 0.25) is 0 Å². The lowest BCUT2D eigenvalue weighted by Crippen LogP contribution is -2.05. The summed E-state index contributed by atoms with van der Waals surface area (Å²) in [6, 6.07) is 6.87. The molecule has 0 radical (unpaired) electrons. The van der Waals surface area contributed by atoms with Crippen molar-refractivity contribution in [3.05, 3.63) is 34.9 Å². The van der Waals surface area contributed by atoms with E-state index in [0.29, 0.717) is 0 Å². The molecule has 2 rings (SSSR count). The molecule has 1 N–H and O–H groups in total. The zero-order valence-electron chi connectivity index (χ0n) is 7.56. The van der Waals surface area contributed by atoms with Crippen LogP contribution in [0.3, 0.4) is 0 Å². The van der Waals surface area contributed by atoms with Gasteiger partial charge in [0.2, 0.25) is 0 Å². The van der Waals surface area contributed by atoms with Crippen molar-refractivity contribution in [3.8, 4) is 0 Å². The Bertz CT molecular complexity index is 278. The highest BCUT2D eigenvalue weighted by Gasteiger charge is 2.09. The highest BCUT2D eigenvalue weighted by Crippen LogP contribution is 2.22. The Hall–Kier alpha value is -0.820. The SMILES string of the molecule is CNCc1ccc2c(c1)CCC2. The minimum atomic E-state index is 0.993. The highest BCUT2D eigenvalue weighted by molar-refractivity contribution is 5.35. The number of hydrogen-bond donors (Lipinski definition) is 1. The topological polar surface area (TPSA) is 12.0 Å². The van der Waals surface area contributed by atoms with Crippen molar-refractivity contribution in [2.45, 2.75) is 25.8 Å². The number of fused-ring (bicyclic) bond motifs is 1. The highest BCUT2D eigenvalue weighted by atomic mass is 14.8. The predicted octanol–water partition coefficient (Wildman–Crippen LogP) is 1.89. The van der Waals surface area contributed by atoms with Gasteiger partial charge in [-0.25, -0.2) is 0 Å². The minimum absolute atomic E-state index is 0.993. The van der Waals surface area contributed by atoms with E-state index in [0.717, 1.165) is 6.54 Å². The Kier molecular flexibility index (Phi) is 2.13. The van der Waals surface area contributed by atoms with Crippen molar-refractivity contribution >= 4 is 0 Å². The van der Waals surface area contributed by atoms with Crippen LogP contribution in [0.5, 0.6) is 0 Å². The zero-order chi connectivity index (χ0) is 8.39. The molecule has 0 spiro atoms. The molecular weight excluding hydrogens is 146 g/mol. The monoisotopic (exact) mass is 161 g/mol. The molecule has 0 bridgehead atoms. The van der Waals surface area contributed by atoms with Crippen LogP contribution in [0.4, 0.5) is 0 Å². The van der Waals surface area contributed by atoms with E-state index >= 15 is 0 Å². The molecule has 0 fully saturated rings. The molecule has 0 heterocycles. The number of hydrogen-bond acceptors (Lipinski definition) is 1. The zero-order valence-corrected chi connectivity index (χ0v) is 7.56. The van der Waals surface area contributed by atoms with Crippen LogP contribution >= 0.6 is 0 Å². The number of benzene rings is 1. The van der Waals surface area contributed by atoms with E-state index in [-0.39, 0.29) is 0 Å². The van der Waals surface area contributed by atoms with Crippen LogP contribution in [0.25, 0.3) is 0 Å². The molecule has 0 aromatic heterocycles. The van der Waals surface area contributed by atoms with Crippen LogP contribution in [0.1, 0.15) is 23.1 Å². The third kappa shape index (κ3) is 1.37. The van der Waals surface area contributed by atoms with Crippen molar-refractivity contribution in [3.63, 3.8) is 0 Å². The Morgan fingerprint density at radius 3 is 2.92 bits per heavy atom. The van der Waals surface area contributed by atoms with Crippen LogP contribution in [-0.4, -0.2) is 7.05 Å². The van der Waals surface area contributed by atoms with E-state index in [1.54, 1.807) is 11.1 Å². The third-order valence-corrected chi connectivity index (χ3v) is 2.54. The molecule has 1 heteroatoms. The van der Waals surface area contributed by atoms with E-state index in [9.17, 15) is 0 Å². The predicted molar refractivity (Wildman–Crippen MR) is 51.2 cm³/mol. The summed E-state index contributed by atoms with van der Waals surface area (Å²) in [4.78, 5) is 0. The van der Waals surface area contributed by atoms with Crippen LogP contribution in [-0.2, 0) is 19.4 Å². The maximum atomic E-state index is 3.18. The number of nitrogens with one attached hydrogen (secondary N) is 1. The Labute approximate surface area is 73.8 Å². The summed E-state index contributed by atoms with van der Waals surface area (Å²) in [5.41, 5.74) is 4.55. The van der Waals surface area contributed by atoms with Crippen LogP contribution < -0.4 is 5.32 Å². The van der Waals surface area contributed by atoms with Gasteiger partial charge in [-0.1, -0.05) is 18.2 Å². The summed E-state index contributed by atoms with van der Waals surface area (Å²) in [5, 5.41) is 3.18. The smallest absolute Gasteiger partial charge is 0.0202 e. The molecule has 0 aliphatic heterocycles. The molecule has 0 atom stereocenters. The summed E-state index contributed by atoms with van der Waals surface area (Å²) in [6.07, 6.45) is 3.92. The molecule has 64 valence electrons. The van der Waals surface area contributed by atoms with E-state index in [1.807, 2.05) is 7.05 Å². The van der Waals surface area contributed by atoms with Gasteiger partial charge in [0.1, 0.15) is 0 Å². The summed E-state index contributed by atoms with van der Waals surface area (Å²) >= 11 is 0. The lowest BCUT2D eigenvalue weighted by Gasteiger charge is -2.03. The molecule has 12 heavy (non-hydrogen) atoms. The fourth-order valence-corrected chi connectivity index (χ4v) is 1.94. The second-order valence-corrected chi connectivity index (χ2v) is 3.49. The lowest BCUT2D eigenvalue weighted by molar-refractivity contribution is 0.816. The van der Waals surface area contributed by atoms with Crippen LogP contribution in [0.15, 0.2) is 18.2 Å². The van der Waals surface area contributed by atoms with Gasteiger partial charge in [0, 0.05) is 6.54 Å². The van der Waals surface area contributed by atoms with Gasteiger partial charge in [-0.15, -0.1) is 0 Å². The van der Waals surface area contributed by atoms with Gasteiger partial charge in [0.05, 0.1) is 0 Å². The first kappa shape index (κ1) is 7.81. The van der Waals surface area contributed by atoms with Crippen molar-refractivity contribution in [1.82, 2.24) is 5.32 Å². The van der Waals surface area contributed by atoms with Gasteiger partial charge in [-0.05, 0) is 43.0 Å². The average molecular weight is 161 g/mol. The largest absolute Gasteiger partial charge is 0.316 e. The lowest BCUT2D eigenvalue weighted by atomic mass is 10.1. The average Bonchev–Trinajstić information content (AvgIpc) is 2.51. The van der Waals surface area contributed by atoms with E-state index in [4.69, 9.17) is 0 Å². The number of rotatable bonds is 2. The normalized spacial score (nSPS) is 14.8. The maximum absolute atomic E-state index is 3.18. The first-order chi connectivity index (χ1) is 5.90. The Morgan fingerprint density at radius 2 is 2.08 bits per heavy atom. The molecule has 0 unspecified atom stereocenters. The molecule has 1 aliphatic carbocycles. The summed E-state index contributed by atoms with van der Waals surface area (Å²) < 4.78 is 0. The van der Waals surface area contributed by atoms with Crippen molar-refractivity contribution in [1.29, 1.82) is 0 Å². The molecular formula is C11H15N. The van der Waals surface area contributed by atoms with E-state index in [2.05, 4.69) is 23.5 Å². The standard InChI is InChI=1S/C11H15N/c1-12-8-9-5-6-10-3-2-4-11(10)7-9/h5-7,12H,2-4,8H2,1H3. The second-order valence-electron chi connectivity index (χ2n) is 3.49. The number of aryl methyl sites for hydroxylation is 2.